The summed E-state index contributed by atoms with van der Waals surface area (Å²) in [6, 6.07) is 18.4. The molecule has 3 aromatic carbocycles. The van der Waals surface area contributed by atoms with Crippen molar-refractivity contribution in [2.45, 2.75) is 39.5 Å². The van der Waals surface area contributed by atoms with Gasteiger partial charge in [-0.05, 0) is 79.0 Å². The van der Waals surface area contributed by atoms with Crippen molar-refractivity contribution in [1.29, 1.82) is 0 Å². The van der Waals surface area contributed by atoms with Crippen molar-refractivity contribution in [2.24, 2.45) is 0 Å². The summed E-state index contributed by atoms with van der Waals surface area (Å²) >= 11 is 0. The van der Waals surface area contributed by atoms with Crippen LogP contribution in [0.15, 0.2) is 67.3 Å². The van der Waals surface area contributed by atoms with Crippen LogP contribution in [0.4, 0.5) is 8.78 Å². The Morgan fingerprint density at radius 2 is 1.40 bits per heavy atom. The first-order valence-electron chi connectivity index (χ1n) is 10.4. The first kappa shape index (κ1) is 21.8. The molecule has 0 radical (unpaired) electrons. The summed E-state index contributed by atoms with van der Waals surface area (Å²) in [4.78, 5) is 0. The monoisotopic (exact) mass is 406 g/mol. The second-order valence-corrected chi connectivity index (χ2v) is 7.45. The Bertz CT molecular complexity index is 989. The summed E-state index contributed by atoms with van der Waals surface area (Å²) in [5, 5.41) is 0. The normalized spacial score (nSPS) is 10.8. The smallest absolute Gasteiger partial charge is 0.200 e. The van der Waals surface area contributed by atoms with Gasteiger partial charge >= 0.3 is 0 Å². The fourth-order valence-electron chi connectivity index (χ4n) is 3.59. The molecule has 156 valence electrons. The minimum absolute atomic E-state index is 0.0175. The topological polar surface area (TPSA) is 9.23 Å². The lowest BCUT2D eigenvalue weighted by molar-refractivity contribution is 0.313. The molecule has 0 N–H and O–H groups in total. The number of rotatable bonds is 9. The summed E-state index contributed by atoms with van der Waals surface area (Å²) in [5.74, 6) is -1.72. The maximum absolute atomic E-state index is 14.5. The Morgan fingerprint density at radius 3 is 1.93 bits per heavy atom. The van der Waals surface area contributed by atoms with Gasteiger partial charge in [-0.2, -0.15) is 4.39 Å². The van der Waals surface area contributed by atoms with Crippen LogP contribution in [0, 0.1) is 18.6 Å². The molecular formula is C27H28F2O. The molecule has 0 amide bonds. The molecule has 0 aliphatic carbocycles. The molecule has 0 fully saturated rings. The van der Waals surface area contributed by atoms with E-state index in [-0.39, 0.29) is 5.75 Å². The summed E-state index contributed by atoms with van der Waals surface area (Å²) < 4.78 is 33.9. The summed E-state index contributed by atoms with van der Waals surface area (Å²) in [6.07, 6.45) is 5.00. The summed E-state index contributed by atoms with van der Waals surface area (Å²) in [5.41, 5.74) is 5.83. The lowest BCUT2D eigenvalue weighted by atomic mass is 9.97. The van der Waals surface area contributed by atoms with Crippen molar-refractivity contribution in [3.8, 4) is 16.9 Å². The van der Waals surface area contributed by atoms with E-state index in [0.717, 1.165) is 24.0 Å². The standard InChI is InChI=1S/C27H28F2O/c1-4-6-7-20-8-13-22(14-9-20)23-15-10-21(11-16-23)12-17-24-19(3)18-25(30-5-2)27(29)26(24)28/h4,8-11,13-16,18H,1,5-7,12,17H2,2-3H3. The second-order valence-electron chi connectivity index (χ2n) is 7.45. The van der Waals surface area contributed by atoms with Gasteiger partial charge in [0, 0.05) is 0 Å². The van der Waals surface area contributed by atoms with Gasteiger partial charge < -0.3 is 4.74 Å². The molecule has 3 rings (SSSR count). The van der Waals surface area contributed by atoms with E-state index in [1.807, 2.05) is 6.08 Å². The third-order valence-corrected chi connectivity index (χ3v) is 5.34. The third kappa shape index (κ3) is 5.15. The van der Waals surface area contributed by atoms with Gasteiger partial charge in [0.2, 0.25) is 5.82 Å². The van der Waals surface area contributed by atoms with E-state index in [0.29, 0.717) is 30.6 Å². The van der Waals surface area contributed by atoms with Gasteiger partial charge in [0.1, 0.15) is 0 Å². The molecule has 0 aromatic heterocycles. The fourth-order valence-corrected chi connectivity index (χ4v) is 3.59. The van der Waals surface area contributed by atoms with Gasteiger partial charge in [0.15, 0.2) is 11.6 Å². The SMILES string of the molecule is C=CCCc1ccc(-c2ccc(CCc3c(C)cc(OCC)c(F)c3F)cc2)cc1. The van der Waals surface area contributed by atoms with Crippen LogP contribution >= 0.6 is 0 Å². The average Bonchev–Trinajstić information content (AvgIpc) is 2.77. The highest BCUT2D eigenvalue weighted by Crippen LogP contribution is 2.28. The highest BCUT2D eigenvalue weighted by molar-refractivity contribution is 5.64. The highest BCUT2D eigenvalue weighted by Gasteiger charge is 2.17. The van der Waals surface area contributed by atoms with E-state index in [2.05, 4.69) is 55.1 Å². The van der Waals surface area contributed by atoms with E-state index in [9.17, 15) is 8.78 Å². The van der Waals surface area contributed by atoms with Crippen LogP contribution in [0.2, 0.25) is 0 Å². The van der Waals surface area contributed by atoms with Crippen LogP contribution in [0.3, 0.4) is 0 Å². The predicted molar refractivity (Wildman–Crippen MR) is 120 cm³/mol. The van der Waals surface area contributed by atoms with Crippen LogP contribution < -0.4 is 4.74 Å². The molecule has 0 unspecified atom stereocenters. The lowest BCUT2D eigenvalue weighted by Gasteiger charge is -2.13. The Hall–Kier alpha value is -2.94. The number of hydrogen-bond acceptors (Lipinski definition) is 1. The Balaban J connectivity index is 1.68. The number of hydrogen-bond donors (Lipinski definition) is 0. The molecule has 30 heavy (non-hydrogen) atoms. The number of allylic oxidation sites excluding steroid dienone is 1. The third-order valence-electron chi connectivity index (χ3n) is 5.34. The van der Waals surface area contributed by atoms with Gasteiger partial charge in [0.05, 0.1) is 6.61 Å². The van der Waals surface area contributed by atoms with Crippen LogP contribution in [0.5, 0.6) is 5.75 Å². The Labute approximate surface area is 178 Å². The molecule has 0 heterocycles. The van der Waals surface area contributed by atoms with Crippen LogP contribution in [-0.4, -0.2) is 6.61 Å². The molecule has 0 bridgehead atoms. The fraction of sp³-hybridized carbons (Fsp3) is 0.259. The molecule has 0 spiro atoms. The average molecular weight is 407 g/mol. The molecule has 0 saturated heterocycles. The summed E-state index contributed by atoms with van der Waals surface area (Å²) in [7, 11) is 0. The Morgan fingerprint density at radius 1 is 0.833 bits per heavy atom. The zero-order valence-electron chi connectivity index (χ0n) is 17.7. The molecule has 0 aliphatic heterocycles. The number of aryl methyl sites for hydroxylation is 3. The van der Waals surface area contributed by atoms with Gasteiger partial charge in [-0.1, -0.05) is 54.6 Å². The van der Waals surface area contributed by atoms with Crippen molar-refractivity contribution in [1.82, 2.24) is 0 Å². The molecule has 0 saturated carbocycles. The zero-order chi connectivity index (χ0) is 21.5. The van der Waals surface area contributed by atoms with E-state index in [1.165, 1.54) is 11.1 Å². The van der Waals surface area contributed by atoms with Crippen LogP contribution in [-0.2, 0) is 19.3 Å². The number of benzene rings is 3. The lowest BCUT2D eigenvalue weighted by Crippen LogP contribution is -2.04. The molecule has 1 nitrogen and oxygen atoms in total. The summed E-state index contributed by atoms with van der Waals surface area (Å²) in [6.45, 7) is 7.61. The van der Waals surface area contributed by atoms with Gasteiger partial charge in [-0.25, -0.2) is 4.39 Å². The second kappa shape index (κ2) is 10.2. The minimum Gasteiger partial charge on any atom is -0.491 e. The van der Waals surface area contributed by atoms with E-state index in [4.69, 9.17) is 4.74 Å². The van der Waals surface area contributed by atoms with Crippen LogP contribution in [0.1, 0.15) is 35.6 Å². The van der Waals surface area contributed by atoms with Crippen molar-refractivity contribution >= 4 is 0 Å². The first-order chi connectivity index (χ1) is 14.5. The number of halogens is 2. The molecule has 3 heteroatoms. The van der Waals surface area contributed by atoms with Crippen LogP contribution in [0.25, 0.3) is 11.1 Å². The van der Waals surface area contributed by atoms with E-state index >= 15 is 0 Å². The maximum atomic E-state index is 14.5. The number of ether oxygens (including phenoxy) is 1. The van der Waals surface area contributed by atoms with Crippen molar-refractivity contribution in [3.05, 3.63) is 101 Å². The van der Waals surface area contributed by atoms with Crippen molar-refractivity contribution in [3.63, 3.8) is 0 Å². The molecule has 3 aromatic rings. The maximum Gasteiger partial charge on any atom is 0.200 e. The largest absolute Gasteiger partial charge is 0.491 e. The van der Waals surface area contributed by atoms with E-state index in [1.54, 1.807) is 19.9 Å². The first-order valence-corrected chi connectivity index (χ1v) is 10.4. The minimum atomic E-state index is -0.899. The van der Waals surface area contributed by atoms with E-state index < -0.39 is 11.6 Å². The van der Waals surface area contributed by atoms with Crippen molar-refractivity contribution < 1.29 is 13.5 Å². The van der Waals surface area contributed by atoms with Gasteiger partial charge in [0.25, 0.3) is 0 Å². The predicted octanol–water partition coefficient (Wildman–Crippen LogP) is 7.24. The van der Waals surface area contributed by atoms with Gasteiger partial charge in [-0.15, -0.1) is 6.58 Å². The Kier molecular flexibility index (Phi) is 7.40. The van der Waals surface area contributed by atoms with Crippen molar-refractivity contribution in [2.75, 3.05) is 6.61 Å². The zero-order valence-corrected chi connectivity index (χ0v) is 17.7. The quantitative estimate of drug-likeness (QED) is 0.340. The molecule has 0 atom stereocenters. The van der Waals surface area contributed by atoms with Gasteiger partial charge in [-0.3, -0.25) is 0 Å². The molecule has 0 aliphatic rings. The molecular weight excluding hydrogens is 378 g/mol. The highest BCUT2D eigenvalue weighted by atomic mass is 19.2.